The van der Waals surface area contributed by atoms with E-state index < -0.39 is 0 Å². The van der Waals surface area contributed by atoms with Crippen molar-refractivity contribution >= 4 is 56.6 Å². The van der Waals surface area contributed by atoms with Gasteiger partial charge in [0.1, 0.15) is 16.6 Å². The fourth-order valence-corrected chi connectivity index (χ4v) is 2.73. The number of nitrogens with one attached hydrogen (secondary N) is 1. The highest BCUT2D eigenvalue weighted by atomic mass is 79.9. The molecule has 0 spiro atoms. The molecule has 0 radical (unpaired) electrons. The third-order valence-corrected chi connectivity index (χ3v) is 3.89. The standard InChI is InChI=1S/C14H12BrCl3N2O/c1-2-5-19-13-10(17)7-11(18)14(20-13)21-12-4-3-8(15)6-9(12)16/h3-4,6-7H,2,5H2,1H3,(H,19,20). The van der Waals surface area contributed by atoms with Gasteiger partial charge in [-0.15, -0.1) is 0 Å². The molecule has 3 nitrogen and oxygen atoms in total. The lowest BCUT2D eigenvalue weighted by molar-refractivity contribution is 0.464. The van der Waals surface area contributed by atoms with Crippen molar-refractivity contribution < 1.29 is 4.74 Å². The summed E-state index contributed by atoms with van der Waals surface area (Å²) in [6, 6.07) is 6.88. The summed E-state index contributed by atoms with van der Waals surface area (Å²) in [6.07, 6.45) is 0.954. The average Bonchev–Trinajstić information content (AvgIpc) is 2.43. The molecule has 0 amide bonds. The van der Waals surface area contributed by atoms with Gasteiger partial charge in [-0.25, -0.2) is 0 Å². The van der Waals surface area contributed by atoms with Gasteiger partial charge in [-0.2, -0.15) is 4.98 Å². The van der Waals surface area contributed by atoms with Crippen LogP contribution in [0.3, 0.4) is 0 Å². The minimum Gasteiger partial charge on any atom is -0.436 e. The first-order chi connectivity index (χ1) is 10.0. The highest BCUT2D eigenvalue weighted by Crippen LogP contribution is 2.36. The molecule has 0 fully saturated rings. The first-order valence-corrected chi connectivity index (χ1v) is 8.16. The second-order valence-electron chi connectivity index (χ2n) is 4.21. The number of anilines is 1. The number of hydrogen-bond donors (Lipinski definition) is 1. The van der Waals surface area contributed by atoms with Crippen LogP contribution in [0.1, 0.15) is 13.3 Å². The summed E-state index contributed by atoms with van der Waals surface area (Å²) in [5.74, 6) is 1.26. The molecule has 1 heterocycles. The molecule has 0 unspecified atom stereocenters. The topological polar surface area (TPSA) is 34.2 Å². The number of hydrogen-bond acceptors (Lipinski definition) is 3. The molecule has 2 rings (SSSR count). The smallest absolute Gasteiger partial charge is 0.240 e. The summed E-state index contributed by atoms with van der Waals surface area (Å²) < 4.78 is 6.54. The lowest BCUT2D eigenvalue weighted by Crippen LogP contribution is -2.03. The second-order valence-corrected chi connectivity index (χ2v) is 6.35. The number of benzene rings is 1. The lowest BCUT2D eigenvalue weighted by atomic mass is 10.3. The van der Waals surface area contributed by atoms with E-state index in [-0.39, 0.29) is 5.88 Å². The third kappa shape index (κ3) is 4.39. The Balaban J connectivity index is 2.30. The van der Waals surface area contributed by atoms with Crippen molar-refractivity contribution in [3.63, 3.8) is 0 Å². The largest absolute Gasteiger partial charge is 0.436 e. The highest BCUT2D eigenvalue weighted by Gasteiger charge is 2.13. The maximum Gasteiger partial charge on any atom is 0.240 e. The fraction of sp³-hybridized carbons (Fsp3) is 0.214. The SMILES string of the molecule is CCCNc1nc(Oc2ccc(Br)cc2Cl)c(Cl)cc1Cl. The van der Waals surface area contributed by atoms with Crippen LogP contribution in [0.25, 0.3) is 0 Å². The van der Waals surface area contributed by atoms with E-state index in [1.807, 2.05) is 6.07 Å². The quantitative estimate of drug-likeness (QED) is 0.618. The van der Waals surface area contributed by atoms with Gasteiger partial charge in [0, 0.05) is 11.0 Å². The molecule has 0 saturated heterocycles. The lowest BCUT2D eigenvalue weighted by Gasteiger charge is -2.12. The van der Waals surface area contributed by atoms with Crippen molar-refractivity contribution in [2.24, 2.45) is 0 Å². The number of aromatic nitrogens is 1. The van der Waals surface area contributed by atoms with E-state index in [9.17, 15) is 0 Å². The summed E-state index contributed by atoms with van der Waals surface area (Å²) in [7, 11) is 0. The van der Waals surface area contributed by atoms with Crippen LogP contribution < -0.4 is 10.1 Å². The van der Waals surface area contributed by atoms with Crippen LogP contribution in [0.4, 0.5) is 5.82 Å². The Kier molecular flexibility index (Phi) is 5.99. The molecule has 0 aliphatic carbocycles. The van der Waals surface area contributed by atoms with Crippen molar-refractivity contribution in [2.45, 2.75) is 13.3 Å². The number of nitrogens with zero attached hydrogens (tertiary/aromatic N) is 1. The van der Waals surface area contributed by atoms with Crippen LogP contribution in [0.15, 0.2) is 28.7 Å². The van der Waals surface area contributed by atoms with Gasteiger partial charge in [0.25, 0.3) is 0 Å². The molecule has 7 heteroatoms. The Bertz CT molecular complexity index is 652. The van der Waals surface area contributed by atoms with Gasteiger partial charge in [-0.1, -0.05) is 57.7 Å². The molecular weight excluding hydrogens is 398 g/mol. The number of rotatable bonds is 5. The predicted octanol–water partition coefficient (Wildman–Crippen LogP) is 6.42. The van der Waals surface area contributed by atoms with Gasteiger partial charge >= 0.3 is 0 Å². The molecule has 1 aromatic carbocycles. The molecule has 1 aromatic heterocycles. The molecule has 0 atom stereocenters. The molecule has 1 N–H and O–H groups in total. The zero-order chi connectivity index (χ0) is 15.4. The van der Waals surface area contributed by atoms with Crippen molar-refractivity contribution in [3.8, 4) is 11.6 Å². The second kappa shape index (κ2) is 7.54. The molecule has 21 heavy (non-hydrogen) atoms. The first-order valence-electron chi connectivity index (χ1n) is 6.24. The van der Waals surface area contributed by atoms with Crippen molar-refractivity contribution in [3.05, 3.63) is 43.8 Å². The van der Waals surface area contributed by atoms with Crippen molar-refractivity contribution in [1.29, 1.82) is 0 Å². The zero-order valence-electron chi connectivity index (χ0n) is 11.1. The van der Waals surface area contributed by atoms with E-state index in [1.165, 1.54) is 0 Å². The van der Waals surface area contributed by atoms with Crippen LogP contribution in [0.5, 0.6) is 11.6 Å². The van der Waals surface area contributed by atoms with Gasteiger partial charge in [-0.3, -0.25) is 0 Å². The van der Waals surface area contributed by atoms with Gasteiger partial charge in [0.15, 0.2) is 0 Å². The van der Waals surface area contributed by atoms with Gasteiger partial charge < -0.3 is 10.1 Å². The monoisotopic (exact) mass is 408 g/mol. The summed E-state index contributed by atoms with van der Waals surface area (Å²) >= 11 is 21.7. The Labute approximate surface area is 146 Å². The number of pyridine rings is 1. The fourth-order valence-electron chi connectivity index (χ4n) is 1.55. The molecule has 0 aliphatic heterocycles. The zero-order valence-corrected chi connectivity index (χ0v) is 14.9. The Morgan fingerprint density at radius 2 is 1.90 bits per heavy atom. The van der Waals surface area contributed by atoms with E-state index in [4.69, 9.17) is 39.5 Å². The summed E-state index contributed by atoms with van der Waals surface area (Å²) in [5, 5.41) is 4.34. The van der Waals surface area contributed by atoms with Crippen LogP contribution in [0.2, 0.25) is 15.1 Å². The van der Waals surface area contributed by atoms with Crippen LogP contribution in [0, 0.1) is 0 Å². The Hall–Kier alpha value is -0.680. The minimum absolute atomic E-state index is 0.254. The summed E-state index contributed by atoms with van der Waals surface area (Å²) in [4.78, 5) is 4.30. The average molecular weight is 411 g/mol. The molecular formula is C14H12BrCl3N2O. The minimum atomic E-state index is 0.254. The number of halogens is 4. The van der Waals surface area contributed by atoms with E-state index in [0.717, 1.165) is 17.4 Å². The van der Waals surface area contributed by atoms with E-state index in [2.05, 4.69) is 33.2 Å². The van der Waals surface area contributed by atoms with Crippen LogP contribution in [-0.2, 0) is 0 Å². The molecule has 0 aliphatic rings. The van der Waals surface area contributed by atoms with E-state index in [0.29, 0.717) is 26.6 Å². The van der Waals surface area contributed by atoms with Gasteiger partial charge in [0.2, 0.25) is 5.88 Å². The van der Waals surface area contributed by atoms with Gasteiger partial charge in [-0.05, 0) is 30.7 Å². The normalized spacial score (nSPS) is 10.5. The maximum atomic E-state index is 6.12. The summed E-state index contributed by atoms with van der Waals surface area (Å²) in [5.41, 5.74) is 0. The van der Waals surface area contributed by atoms with Crippen molar-refractivity contribution in [1.82, 2.24) is 4.98 Å². The van der Waals surface area contributed by atoms with Crippen LogP contribution >= 0.6 is 50.7 Å². The Morgan fingerprint density at radius 1 is 1.14 bits per heavy atom. The van der Waals surface area contributed by atoms with E-state index >= 15 is 0 Å². The molecule has 0 saturated carbocycles. The predicted molar refractivity (Wildman–Crippen MR) is 92.3 cm³/mol. The van der Waals surface area contributed by atoms with Crippen molar-refractivity contribution in [2.75, 3.05) is 11.9 Å². The highest BCUT2D eigenvalue weighted by molar-refractivity contribution is 9.10. The number of ether oxygens (including phenoxy) is 1. The van der Waals surface area contributed by atoms with E-state index in [1.54, 1.807) is 18.2 Å². The summed E-state index contributed by atoms with van der Waals surface area (Å²) in [6.45, 7) is 2.81. The van der Waals surface area contributed by atoms with Gasteiger partial charge in [0.05, 0.1) is 10.0 Å². The molecule has 112 valence electrons. The molecule has 2 aromatic rings. The molecule has 0 bridgehead atoms. The third-order valence-electron chi connectivity index (χ3n) is 2.54. The Morgan fingerprint density at radius 3 is 2.57 bits per heavy atom. The first kappa shape index (κ1) is 16.7. The maximum absolute atomic E-state index is 6.12. The van der Waals surface area contributed by atoms with Crippen LogP contribution in [-0.4, -0.2) is 11.5 Å².